The predicted octanol–water partition coefficient (Wildman–Crippen LogP) is 5.10. The highest BCUT2D eigenvalue weighted by Gasteiger charge is 2.05. The first kappa shape index (κ1) is 11.7. The predicted molar refractivity (Wildman–Crippen MR) is 71.7 cm³/mol. The molecule has 0 heterocycles. The van der Waals surface area contributed by atoms with E-state index in [-0.39, 0.29) is 0 Å². The molecule has 0 bridgehead atoms. The van der Waals surface area contributed by atoms with Crippen LogP contribution in [0.5, 0.6) is 11.5 Å². The summed E-state index contributed by atoms with van der Waals surface area (Å²) in [6, 6.07) is 13.1. The average Bonchev–Trinajstić information content (AvgIpc) is 2.29. The number of benzene rings is 2. The van der Waals surface area contributed by atoms with Gasteiger partial charge in [-0.2, -0.15) is 0 Å². The molecule has 0 atom stereocenters. The van der Waals surface area contributed by atoms with Crippen molar-refractivity contribution < 1.29 is 4.74 Å². The third kappa shape index (κ3) is 2.86. The highest BCUT2D eigenvalue weighted by atomic mass is 79.9. The minimum atomic E-state index is 0.524. The number of ether oxygens (including phenoxy) is 1. The van der Waals surface area contributed by atoms with Crippen molar-refractivity contribution in [1.82, 2.24) is 0 Å². The molecule has 2 aromatic rings. The summed E-state index contributed by atoms with van der Waals surface area (Å²) in [6.45, 7) is 9.07. The summed E-state index contributed by atoms with van der Waals surface area (Å²) in [5.74, 6) is 1.31. The lowest BCUT2D eigenvalue weighted by Crippen LogP contribution is -1.85. The van der Waals surface area contributed by atoms with Crippen LogP contribution in [0.1, 0.15) is 5.56 Å². The monoisotopic (exact) mass is 287 g/mol. The molecule has 0 radical (unpaired) electrons. The Labute approximate surface area is 109 Å². The van der Waals surface area contributed by atoms with Crippen LogP contribution < -0.4 is 4.74 Å². The van der Waals surface area contributed by atoms with Crippen LogP contribution >= 0.6 is 15.9 Å². The second-order valence-electron chi connectivity index (χ2n) is 3.64. The maximum atomic E-state index is 7.10. The van der Waals surface area contributed by atoms with Crippen LogP contribution in [0.25, 0.3) is 4.85 Å². The van der Waals surface area contributed by atoms with E-state index in [1.807, 2.05) is 43.3 Å². The zero-order valence-electron chi connectivity index (χ0n) is 9.27. The Morgan fingerprint density at radius 2 is 2.00 bits per heavy atom. The molecule has 0 aliphatic heterocycles. The molecule has 2 rings (SSSR count). The maximum absolute atomic E-state index is 7.10. The lowest BCUT2D eigenvalue weighted by atomic mass is 10.2. The Morgan fingerprint density at radius 3 is 2.71 bits per heavy atom. The van der Waals surface area contributed by atoms with E-state index in [9.17, 15) is 0 Å². The van der Waals surface area contributed by atoms with Crippen molar-refractivity contribution in [2.45, 2.75) is 6.92 Å². The average molecular weight is 288 g/mol. The molecule has 84 valence electrons. The van der Waals surface area contributed by atoms with Gasteiger partial charge in [-0.05, 0) is 31.2 Å². The summed E-state index contributed by atoms with van der Waals surface area (Å²) in [6.07, 6.45) is 0. The molecular formula is C14H10BrNO. The zero-order chi connectivity index (χ0) is 12.3. The highest BCUT2D eigenvalue weighted by molar-refractivity contribution is 9.10. The first-order valence-electron chi connectivity index (χ1n) is 5.10. The van der Waals surface area contributed by atoms with E-state index in [4.69, 9.17) is 11.3 Å². The van der Waals surface area contributed by atoms with Gasteiger partial charge in [-0.15, -0.1) is 0 Å². The van der Waals surface area contributed by atoms with E-state index in [0.29, 0.717) is 11.4 Å². The Morgan fingerprint density at radius 1 is 1.18 bits per heavy atom. The molecule has 3 heteroatoms. The van der Waals surface area contributed by atoms with Crippen LogP contribution in [0.15, 0.2) is 46.9 Å². The molecule has 0 saturated carbocycles. The van der Waals surface area contributed by atoms with Crippen LogP contribution in [0.2, 0.25) is 0 Å². The van der Waals surface area contributed by atoms with E-state index in [1.54, 1.807) is 6.07 Å². The molecule has 0 spiro atoms. The minimum Gasteiger partial charge on any atom is -0.468 e. The van der Waals surface area contributed by atoms with E-state index >= 15 is 0 Å². The van der Waals surface area contributed by atoms with Crippen molar-refractivity contribution in [3.8, 4) is 11.5 Å². The van der Waals surface area contributed by atoms with Crippen LogP contribution in [0.3, 0.4) is 0 Å². The molecule has 2 aromatic carbocycles. The fourth-order valence-electron chi connectivity index (χ4n) is 1.45. The summed E-state index contributed by atoms with van der Waals surface area (Å²) in [4.78, 5) is 3.44. The molecule has 0 unspecified atom stereocenters. The van der Waals surface area contributed by atoms with Crippen molar-refractivity contribution >= 4 is 21.6 Å². The van der Waals surface area contributed by atoms with Gasteiger partial charge in [0.15, 0.2) is 0 Å². The summed E-state index contributed by atoms with van der Waals surface area (Å²) >= 11 is 3.39. The largest absolute Gasteiger partial charge is 0.468 e. The summed E-state index contributed by atoms with van der Waals surface area (Å²) in [5, 5.41) is 0. The molecule has 0 saturated heterocycles. The zero-order valence-corrected chi connectivity index (χ0v) is 10.9. The molecular weight excluding hydrogens is 278 g/mol. The summed E-state index contributed by atoms with van der Waals surface area (Å²) in [5.41, 5.74) is 1.60. The molecule has 0 N–H and O–H groups in total. The first-order valence-corrected chi connectivity index (χ1v) is 5.90. The fraction of sp³-hybridized carbons (Fsp3) is 0.0714. The van der Waals surface area contributed by atoms with Crippen molar-refractivity contribution in [2.75, 3.05) is 0 Å². The van der Waals surface area contributed by atoms with Gasteiger partial charge in [-0.25, -0.2) is 4.85 Å². The maximum Gasteiger partial charge on any atom is 0.228 e. The summed E-state index contributed by atoms with van der Waals surface area (Å²) < 4.78 is 6.67. The lowest BCUT2D eigenvalue weighted by Gasteiger charge is -2.08. The van der Waals surface area contributed by atoms with Gasteiger partial charge in [-0.1, -0.05) is 39.7 Å². The second kappa shape index (κ2) is 5.03. The first-order chi connectivity index (χ1) is 8.19. The van der Waals surface area contributed by atoms with E-state index < -0.39 is 0 Å². The Kier molecular flexibility index (Phi) is 3.46. The van der Waals surface area contributed by atoms with Crippen molar-refractivity contribution in [3.05, 3.63) is 63.9 Å². The standard InChI is InChI=1S/C14H10BrNO/c1-10-6-7-13(16-2)14(8-10)17-12-5-3-4-11(15)9-12/h3-9H,1H3. The quantitative estimate of drug-likeness (QED) is 0.701. The molecule has 0 aliphatic carbocycles. The van der Waals surface area contributed by atoms with Crippen LogP contribution in [-0.2, 0) is 0 Å². The van der Waals surface area contributed by atoms with Crippen LogP contribution in [-0.4, -0.2) is 0 Å². The lowest BCUT2D eigenvalue weighted by molar-refractivity contribution is 0.485. The molecule has 0 aromatic heterocycles. The smallest absolute Gasteiger partial charge is 0.228 e. The topological polar surface area (TPSA) is 13.6 Å². The van der Waals surface area contributed by atoms with Gasteiger partial charge in [0.05, 0.1) is 6.57 Å². The fourth-order valence-corrected chi connectivity index (χ4v) is 1.83. The van der Waals surface area contributed by atoms with Gasteiger partial charge in [-0.3, -0.25) is 0 Å². The van der Waals surface area contributed by atoms with Crippen molar-refractivity contribution in [3.63, 3.8) is 0 Å². The number of rotatable bonds is 2. The molecule has 17 heavy (non-hydrogen) atoms. The van der Waals surface area contributed by atoms with E-state index in [1.165, 1.54) is 0 Å². The summed E-state index contributed by atoms with van der Waals surface area (Å²) in [7, 11) is 0. The van der Waals surface area contributed by atoms with Crippen molar-refractivity contribution in [2.24, 2.45) is 0 Å². The van der Waals surface area contributed by atoms with Crippen LogP contribution in [0.4, 0.5) is 5.69 Å². The molecule has 0 aliphatic rings. The Bertz CT molecular complexity index is 587. The Hall–Kier alpha value is -1.79. The molecule has 2 nitrogen and oxygen atoms in total. The van der Waals surface area contributed by atoms with E-state index in [0.717, 1.165) is 15.8 Å². The van der Waals surface area contributed by atoms with Gasteiger partial charge in [0.1, 0.15) is 11.5 Å². The Balaban J connectivity index is 2.36. The van der Waals surface area contributed by atoms with E-state index in [2.05, 4.69) is 20.8 Å². The van der Waals surface area contributed by atoms with Gasteiger partial charge in [0, 0.05) is 4.47 Å². The highest BCUT2D eigenvalue weighted by Crippen LogP contribution is 2.33. The van der Waals surface area contributed by atoms with Crippen molar-refractivity contribution in [1.29, 1.82) is 0 Å². The molecule has 0 fully saturated rings. The number of halogens is 1. The molecule has 0 amide bonds. The number of hydrogen-bond acceptors (Lipinski definition) is 1. The third-order valence-electron chi connectivity index (χ3n) is 2.26. The van der Waals surface area contributed by atoms with Gasteiger partial charge < -0.3 is 4.74 Å². The number of hydrogen-bond donors (Lipinski definition) is 0. The van der Waals surface area contributed by atoms with Gasteiger partial charge >= 0.3 is 0 Å². The second-order valence-corrected chi connectivity index (χ2v) is 4.56. The number of aryl methyl sites for hydroxylation is 1. The minimum absolute atomic E-state index is 0.524. The normalized spacial score (nSPS) is 9.71. The van der Waals surface area contributed by atoms with Crippen LogP contribution in [0, 0.1) is 13.5 Å². The SMILES string of the molecule is [C-]#[N+]c1ccc(C)cc1Oc1cccc(Br)c1. The van der Waals surface area contributed by atoms with Gasteiger partial charge in [0.25, 0.3) is 0 Å². The number of nitrogens with zero attached hydrogens (tertiary/aromatic N) is 1. The third-order valence-corrected chi connectivity index (χ3v) is 2.75. The van der Waals surface area contributed by atoms with Gasteiger partial charge in [0.2, 0.25) is 5.69 Å².